The molecular weight excluding hydrogens is 469 g/mol. The number of piperazine rings is 1. The van der Waals surface area contributed by atoms with Crippen LogP contribution in [0.25, 0.3) is 0 Å². The maximum Gasteiger partial charge on any atom is 0.416 e. The van der Waals surface area contributed by atoms with Crippen molar-refractivity contribution < 1.29 is 22.7 Å². The maximum atomic E-state index is 13.8. The van der Waals surface area contributed by atoms with Crippen LogP contribution in [-0.2, 0) is 12.7 Å². The third kappa shape index (κ3) is 7.25. The van der Waals surface area contributed by atoms with Gasteiger partial charge in [0.15, 0.2) is 0 Å². The van der Waals surface area contributed by atoms with E-state index < -0.39 is 17.6 Å². The molecule has 0 aromatic heterocycles. The molecule has 1 fully saturated rings. The van der Waals surface area contributed by atoms with Gasteiger partial charge >= 0.3 is 6.18 Å². The first-order chi connectivity index (χ1) is 16.2. The van der Waals surface area contributed by atoms with Gasteiger partial charge in [0.1, 0.15) is 5.75 Å². The van der Waals surface area contributed by atoms with E-state index in [-0.39, 0.29) is 29.0 Å². The van der Waals surface area contributed by atoms with Gasteiger partial charge in [0.25, 0.3) is 5.91 Å². The van der Waals surface area contributed by atoms with Gasteiger partial charge in [-0.05, 0) is 55.8 Å². The van der Waals surface area contributed by atoms with E-state index >= 15 is 0 Å². The summed E-state index contributed by atoms with van der Waals surface area (Å²) in [5, 5.41) is 2.54. The number of carbonyl (C=O) groups excluding carboxylic acids is 1. The van der Waals surface area contributed by atoms with Crippen molar-refractivity contribution in [2.24, 2.45) is 0 Å². The number of hydrogen-bond acceptors (Lipinski definition) is 5. The molecule has 0 atom stereocenters. The number of alkyl halides is 4. The quantitative estimate of drug-likeness (QED) is 0.298. The molecule has 34 heavy (non-hydrogen) atoms. The molecule has 0 aliphatic carbocycles. The lowest BCUT2D eigenvalue weighted by Gasteiger charge is -2.33. The third-order valence-electron chi connectivity index (χ3n) is 5.72. The number of amides is 1. The number of likely N-dealkylation sites (N-methyl/N-ethyl adjacent to an activating group) is 1. The number of nitrogens with one attached hydrogen (secondary N) is 1. The average Bonchev–Trinajstić information content (AvgIpc) is 2.79. The summed E-state index contributed by atoms with van der Waals surface area (Å²) in [7, 11) is 1.99. The summed E-state index contributed by atoms with van der Waals surface area (Å²) in [5.74, 6) is 0.434. The Morgan fingerprint density at radius 1 is 1.12 bits per heavy atom. The molecule has 1 aliphatic heterocycles. The largest absolute Gasteiger partial charge is 0.491 e. The molecule has 186 valence electrons. The molecule has 3 N–H and O–H groups in total. The fourth-order valence-electron chi connectivity index (χ4n) is 3.71. The van der Waals surface area contributed by atoms with Crippen LogP contribution in [0.2, 0.25) is 0 Å². The van der Waals surface area contributed by atoms with Crippen molar-refractivity contribution in [2.75, 3.05) is 56.8 Å². The summed E-state index contributed by atoms with van der Waals surface area (Å²) >= 11 is 5.64. The second-order valence-electron chi connectivity index (χ2n) is 8.40. The number of carbonyl (C=O) groups is 1. The monoisotopic (exact) mass is 498 g/mol. The predicted molar refractivity (Wildman–Crippen MR) is 128 cm³/mol. The molecule has 1 amide bonds. The topological polar surface area (TPSA) is 70.8 Å². The molecular formula is C24H30ClF3N4O2. The molecule has 2 aromatic carbocycles. The summed E-state index contributed by atoms with van der Waals surface area (Å²) in [6.07, 6.45) is -2.94. The number of ether oxygens (including phenoxy) is 1. The molecule has 1 saturated heterocycles. The molecule has 2 aromatic rings. The number of halogens is 4. The van der Waals surface area contributed by atoms with Crippen molar-refractivity contribution in [1.82, 2.24) is 9.80 Å². The molecule has 0 saturated carbocycles. The normalized spacial score (nSPS) is 15.3. The molecule has 1 aliphatic rings. The van der Waals surface area contributed by atoms with Crippen LogP contribution in [0.4, 0.5) is 24.5 Å². The van der Waals surface area contributed by atoms with Crippen LogP contribution in [0.1, 0.15) is 34.3 Å². The number of anilines is 2. The Bertz CT molecular complexity index is 979. The minimum absolute atomic E-state index is 0.0689. The van der Waals surface area contributed by atoms with Crippen LogP contribution in [0.5, 0.6) is 5.75 Å². The number of hydrogen-bond donors (Lipinski definition) is 2. The van der Waals surface area contributed by atoms with Gasteiger partial charge in [-0.15, -0.1) is 11.6 Å². The smallest absolute Gasteiger partial charge is 0.416 e. The SMILES string of the molecule is CN1CCN(Cc2ccc(NC(=O)c3ccc(OCCCCCl)c(N)c3)cc2C(F)(F)F)CC1. The fraction of sp³-hybridized carbons (Fsp3) is 0.458. The Balaban J connectivity index is 1.69. The van der Waals surface area contributed by atoms with Crippen LogP contribution in [0, 0.1) is 0 Å². The first-order valence-electron chi connectivity index (χ1n) is 11.2. The van der Waals surface area contributed by atoms with Gasteiger partial charge in [-0.3, -0.25) is 9.69 Å². The molecule has 3 rings (SSSR count). The van der Waals surface area contributed by atoms with E-state index in [4.69, 9.17) is 22.1 Å². The van der Waals surface area contributed by atoms with Crippen molar-refractivity contribution in [3.8, 4) is 5.75 Å². The van der Waals surface area contributed by atoms with Gasteiger partial charge < -0.3 is 20.7 Å². The molecule has 0 spiro atoms. The zero-order valence-corrected chi connectivity index (χ0v) is 19.9. The van der Waals surface area contributed by atoms with E-state index in [1.54, 1.807) is 6.07 Å². The van der Waals surface area contributed by atoms with Gasteiger partial charge in [0.05, 0.1) is 17.9 Å². The Hall–Kier alpha value is -2.49. The number of nitrogens with zero attached hydrogens (tertiary/aromatic N) is 2. The van der Waals surface area contributed by atoms with E-state index in [0.29, 0.717) is 31.3 Å². The van der Waals surface area contributed by atoms with E-state index in [1.165, 1.54) is 24.3 Å². The van der Waals surface area contributed by atoms with E-state index in [9.17, 15) is 18.0 Å². The standard InChI is InChI=1S/C24H30ClF3N4O2/c1-31-9-11-32(12-10-31)16-18-4-6-19(15-20(18)24(26,27)28)30-23(33)17-5-7-22(21(29)14-17)34-13-3-2-8-25/h4-7,14-15H,2-3,8-13,16,29H2,1H3,(H,30,33). The molecule has 6 nitrogen and oxygen atoms in total. The average molecular weight is 499 g/mol. The van der Waals surface area contributed by atoms with Crippen LogP contribution >= 0.6 is 11.6 Å². The number of benzene rings is 2. The fourth-order valence-corrected chi connectivity index (χ4v) is 3.89. The van der Waals surface area contributed by atoms with Gasteiger partial charge in [0, 0.05) is 49.9 Å². The highest BCUT2D eigenvalue weighted by Crippen LogP contribution is 2.35. The van der Waals surface area contributed by atoms with Gasteiger partial charge in [-0.25, -0.2) is 0 Å². The number of nitrogens with two attached hydrogens (primary N) is 1. The highest BCUT2D eigenvalue weighted by molar-refractivity contribution is 6.17. The van der Waals surface area contributed by atoms with Crippen molar-refractivity contribution in [3.05, 3.63) is 53.1 Å². The van der Waals surface area contributed by atoms with Crippen molar-refractivity contribution >= 4 is 28.9 Å². The van der Waals surface area contributed by atoms with Gasteiger partial charge in [-0.1, -0.05) is 6.07 Å². The van der Waals surface area contributed by atoms with Crippen LogP contribution < -0.4 is 15.8 Å². The lowest BCUT2D eigenvalue weighted by molar-refractivity contribution is -0.138. The Morgan fingerprint density at radius 3 is 2.50 bits per heavy atom. The highest BCUT2D eigenvalue weighted by atomic mass is 35.5. The molecule has 0 bridgehead atoms. The zero-order chi connectivity index (χ0) is 24.7. The van der Waals surface area contributed by atoms with Crippen LogP contribution in [-0.4, -0.2) is 61.4 Å². The van der Waals surface area contributed by atoms with Gasteiger partial charge in [0.2, 0.25) is 0 Å². The van der Waals surface area contributed by atoms with E-state index in [1.807, 2.05) is 11.9 Å². The van der Waals surface area contributed by atoms with Crippen LogP contribution in [0.3, 0.4) is 0 Å². The third-order valence-corrected chi connectivity index (χ3v) is 5.99. The van der Waals surface area contributed by atoms with Crippen molar-refractivity contribution in [2.45, 2.75) is 25.6 Å². The summed E-state index contributed by atoms with van der Waals surface area (Å²) in [6, 6.07) is 8.46. The zero-order valence-electron chi connectivity index (χ0n) is 19.1. The predicted octanol–water partition coefficient (Wildman–Crippen LogP) is 4.69. The number of unbranched alkanes of at least 4 members (excludes halogenated alkanes) is 1. The maximum absolute atomic E-state index is 13.8. The Morgan fingerprint density at radius 2 is 1.85 bits per heavy atom. The lowest BCUT2D eigenvalue weighted by atomic mass is 10.0. The van der Waals surface area contributed by atoms with Crippen molar-refractivity contribution in [3.63, 3.8) is 0 Å². The first kappa shape index (κ1) is 26.1. The molecule has 1 heterocycles. The summed E-state index contributed by atoms with van der Waals surface area (Å²) in [6.45, 7) is 3.70. The molecule has 0 unspecified atom stereocenters. The molecule has 10 heteroatoms. The molecule has 0 radical (unpaired) electrons. The second-order valence-corrected chi connectivity index (χ2v) is 8.78. The Kier molecular flexibility index (Phi) is 9.04. The number of nitrogen functional groups attached to an aromatic ring is 1. The van der Waals surface area contributed by atoms with Crippen molar-refractivity contribution in [1.29, 1.82) is 0 Å². The highest BCUT2D eigenvalue weighted by Gasteiger charge is 2.34. The first-order valence-corrected chi connectivity index (χ1v) is 11.7. The number of rotatable bonds is 9. The minimum atomic E-state index is -4.53. The van der Waals surface area contributed by atoms with Crippen LogP contribution in [0.15, 0.2) is 36.4 Å². The van der Waals surface area contributed by atoms with Gasteiger partial charge in [-0.2, -0.15) is 13.2 Å². The lowest BCUT2D eigenvalue weighted by Crippen LogP contribution is -2.44. The second kappa shape index (κ2) is 11.8. The summed E-state index contributed by atoms with van der Waals surface area (Å²) in [5.41, 5.74) is 5.99. The van der Waals surface area contributed by atoms with E-state index in [2.05, 4.69) is 10.2 Å². The minimum Gasteiger partial charge on any atom is -0.491 e. The van der Waals surface area contributed by atoms with E-state index in [0.717, 1.165) is 32.0 Å². The Labute approximate surface area is 202 Å². The summed E-state index contributed by atoms with van der Waals surface area (Å²) in [4.78, 5) is 16.8. The summed E-state index contributed by atoms with van der Waals surface area (Å²) < 4.78 is 46.9.